The SMILES string of the molecule is O=C(Nc1cccc(-c2noc(C3CCCC3)n2)c1)c1ccsc1. The molecule has 24 heavy (non-hydrogen) atoms. The van der Waals surface area contributed by atoms with Crippen LogP contribution in [0.5, 0.6) is 0 Å². The Morgan fingerprint density at radius 1 is 1.25 bits per heavy atom. The third kappa shape index (κ3) is 3.10. The molecule has 0 aliphatic heterocycles. The van der Waals surface area contributed by atoms with Crippen LogP contribution in [0.3, 0.4) is 0 Å². The minimum absolute atomic E-state index is 0.117. The number of nitrogens with zero attached hydrogens (tertiary/aromatic N) is 2. The highest BCUT2D eigenvalue weighted by molar-refractivity contribution is 7.08. The highest BCUT2D eigenvalue weighted by atomic mass is 32.1. The van der Waals surface area contributed by atoms with Crippen molar-refractivity contribution in [3.8, 4) is 11.4 Å². The Kier molecular flexibility index (Phi) is 4.13. The number of hydrogen-bond acceptors (Lipinski definition) is 5. The van der Waals surface area contributed by atoms with Crippen LogP contribution in [0.15, 0.2) is 45.6 Å². The Bertz CT molecular complexity index is 836. The van der Waals surface area contributed by atoms with Crippen molar-refractivity contribution >= 4 is 22.9 Å². The van der Waals surface area contributed by atoms with Gasteiger partial charge in [-0.25, -0.2) is 0 Å². The molecule has 0 atom stereocenters. The molecule has 3 aromatic rings. The smallest absolute Gasteiger partial charge is 0.256 e. The molecule has 1 aliphatic rings. The van der Waals surface area contributed by atoms with Crippen LogP contribution in [0, 0.1) is 0 Å². The van der Waals surface area contributed by atoms with Gasteiger partial charge in [0.25, 0.3) is 5.91 Å². The fourth-order valence-electron chi connectivity index (χ4n) is 3.02. The molecule has 1 saturated carbocycles. The van der Waals surface area contributed by atoms with Gasteiger partial charge < -0.3 is 9.84 Å². The van der Waals surface area contributed by atoms with Crippen LogP contribution < -0.4 is 5.32 Å². The molecule has 0 unspecified atom stereocenters. The molecule has 4 rings (SSSR count). The van der Waals surface area contributed by atoms with E-state index in [1.165, 1.54) is 24.2 Å². The van der Waals surface area contributed by atoms with Gasteiger partial charge in [0.2, 0.25) is 11.7 Å². The summed E-state index contributed by atoms with van der Waals surface area (Å²) >= 11 is 1.50. The molecule has 1 aromatic carbocycles. The maximum Gasteiger partial charge on any atom is 0.256 e. The Hall–Kier alpha value is -2.47. The Morgan fingerprint density at radius 3 is 2.92 bits per heavy atom. The van der Waals surface area contributed by atoms with Gasteiger partial charge in [-0.2, -0.15) is 16.3 Å². The van der Waals surface area contributed by atoms with Gasteiger partial charge in [-0.3, -0.25) is 4.79 Å². The number of hydrogen-bond donors (Lipinski definition) is 1. The van der Waals surface area contributed by atoms with Gasteiger partial charge in [0.1, 0.15) is 0 Å². The van der Waals surface area contributed by atoms with Gasteiger partial charge in [0, 0.05) is 22.5 Å². The summed E-state index contributed by atoms with van der Waals surface area (Å²) in [4.78, 5) is 16.7. The first-order chi connectivity index (χ1) is 11.8. The summed E-state index contributed by atoms with van der Waals surface area (Å²) in [7, 11) is 0. The number of carbonyl (C=O) groups is 1. The van der Waals surface area contributed by atoms with E-state index in [-0.39, 0.29) is 5.91 Å². The first-order valence-corrected chi connectivity index (χ1v) is 9.01. The molecule has 0 saturated heterocycles. The molecule has 0 bridgehead atoms. The molecule has 2 heterocycles. The first-order valence-electron chi connectivity index (χ1n) is 8.07. The van der Waals surface area contributed by atoms with Crippen LogP contribution in [0.25, 0.3) is 11.4 Å². The first kappa shape index (κ1) is 15.1. The number of benzene rings is 1. The van der Waals surface area contributed by atoms with Crippen molar-refractivity contribution in [1.29, 1.82) is 0 Å². The number of anilines is 1. The summed E-state index contributed by atoms with van der Waals surface area (Å²) in [5.41, 5.74) is 2.22. The van der Waals surface area contributed by atoms with E-state index in [9.17, 15) is 4.79 Å². The molecule has 0 spiro atoms. The van der Waals surface area contributed by atoms with Crippen molar-refractivity contribution in [3.63, 3.8) is 0 Å². The van der Waals surface area contributed by atoms with Gasteiger partial charge in [-0.05, 0) is 36.4 Å². The highest BCUT2D eigenvalue weighted by Gasteiger charge is 2.23. The number of aromatic nitrogens is 2. The van der Waals surface area contributed by atoms with Gasteiger partial charge >= 0.3 is 0 Å². The molecule has 0 radical (unpaired) electrons. The molecule has 122 valence electrons. The number of rotatable bonds is 4. The number of carbonyl (C=O) groups excluding carboxylic acids is 1. The average Bonchev–Trinajstić information content (AvgIpc) is 3.36. The van der Waals surface area contributed by atoms with Crippen LogP contribution in [-0.4, -0.2) is 16.0 Å². The van der Waals surface area contributed by atoms with Gasteiger partial charge in [0.05, 0.1) is 5.56 Å². The second-order valence-corrected chi connectivity index (χ2v) is 6.76. The summed E-state index contributed by atoms with van der Waals surface area (Å²) in [6.45, 7) is 0. The molecule has 1 fully saturated rings. The lowest BCUT2D eigenvalue weighted by Crippen LogP contribution is -2.10. The zero-order chi connectivity index (χ0) is 16.4. The van der Waals surface area contributed by atoms with E-state index in [0.717, 1.165) is 30.0 Å². The average molecular weight is 339 g/mol. The van der Waals surface area contributed by atoms with Crippen molar-refractivity contribution in [2.45, 2.75) is 31.6 Å². The number of thiophene rings is 1. The molecule has 1 N–H and O–H groups in total. The molecule has 6 heteroatoms. The van der Waals surface area contributed by atoms with Crippen LogP contribution in [0.4, 0.5) is 5.69 Å². The summed E-state index contributed by atoms with van der Waals surface area (Å²) in [5.74, 6) is 1.58. The Morgan fingerprint density at radius 2 is 2.12 bits per heavy atom. The second kappa shape index (κ2) is 6.57. The Labute approximate surface area is 143 Å². The summed E-state index contributed by atoms with van der Waals surface area (Å²) < 4.78 is 5.44. The second-order valence-electron chi connectivity index (χ2n) is 5.98. The standard InChI is InChI=1S/C18H17N3O2S/c22-17(14-8-9-24-11-14)19-15-7-3-6-13(10-15)16-20-18(23-21-16)12-4-1-2-5-12/h3,6-12H,1-2,4-5H2,(H,19,22). The van der Waals surface area contributed by atoms with Gasteiger partial charge in [-0.1, -0.05) is 30.1 Å². The Balaban J connectivity index is 1.53. The zero-order valence-corrected chi connectivity index (χ0v) is 13.9. The number of amides is 1. The van der Waals surface area contributed by atoms with Crippen LogP contribution in [0.2, 0.25) is 0 Å². The monoisotopic (exact) mass is 339 g/mol. The molecular formula is C18H17N3O2S. The normalized spacial score (nSPS) is 14.8. The fraction of sp³-hybridized carbons (Fsp3) is 0.278. The number of nitrogens with one attached hydrogen (secondary N) is 1. The minimum atomic E-state index is -0.117. The van der Waals surface area contributed by atoms with Gasteiger partial charge in [-0.15, -0.1) is 0 Å². The van der Waals surface area contributed by atoms with Crippen LogP contribution in [0.1, 0.15) is 47.8 Å². The minimum Gasteiger partial charge on any atom is -0.339 e. The van der Waals surface area contributed by atoms with Gasteiger partial charge in [0.15, 0.2) is 0 Å². The van der Waals surface area contributed by atoms with E-state index in [2.05, 4.69) is 15.5 Å². The van der Waals surface area contributed by atoms with E-state index < -0.39 is 0 Å². The van der Waals surface area contributed by atoms with Crippen molar-refractivity contribution < 1.29 is 9.32 Å². The predicted octanol–water partition coefficient (Wildman–Crippen LogP) is 4.71. The van der Waals surface area contributed by atoms with Crippen LogP contribution in [-0.2, 0) is 0 Å². The van der Waals surface area contributed by atoms with Crippen molar-refractivity contribution in [1.82, 2.24) is 10.1 Å². The van der Waals surface area contributed by atoms with Crippen molar-refractivity contribution in [2.75, 3.05) is 5.32 Å². The maximum absolute atomic E-state index is 12.1. The molecule has 2 aromatic heterocycles. The lowest BCUT2D eigenvalue weighted by Gasteiger charge is -2.05. The zero-order valence-electron chi connectivity index (χ0n) is 13.1. The summed E-state index contributed by atoms with van der Waals surface area (Å²) in [5, 5.41) is 10.7. The quantitative estimate of drug-likeness (QED) is 0.747. The molecule has 5 nitrogen and oxygen atoms in total. The lowest BCUT2D eigenvalue weighted by molar-refractivity contribution is 0.102. The van der Waals surface area contributed by atoms with Crippen molar-refractivity contribution in [2.24, 2.45) is 0 Å². The van der Waals surface area contributed by atoms with E-state index in [0.29, 0.717) is 17.3 Å². The highest BCUT2D eigenvalue weighted by Crippen LogP contribution is 2.34. The largest absolute Gasteiger partial charge is 0.339 e. The summed E-state index contributed by atoms with van der Waals surface area (Å²) in [6.07, 6.45) is 4.70. The summed E-state index contributed by atoms with van der Waals surface area (Å²) in [6, 6.07) is 9.32. The van der Waals surface area contributed by atoms with Crippen molar-refractivity contribution in [3.05, 3.63) is 52.5 Å². The molecular weight excluding hydrogens is 322 g/mol. The van der Waals surface area contributed by atoms with E-state index in [4.69, 9.17) is 4.52 Å². The third-order valence-electron chi connectivity index (χ3n) is 4.31. The topological polar surface area (TPSA) is 68.0 Å². The molecule has 1 amide bonds. The lowest BCUT2D eigenvalue weighted by atomic mass is 10.1. The van der Waals surface area contributed by atoms with Crippen LogP contribution >= 0.6 is 11.3 Å². The maximum atomic E-state index is 12.1. The van der Waals surface area contributed by atoms with E-state index >= 15 is 0 Å². The third-order valence-corrected chi connectivity index (χ3v) is 4.99. The van der Waals surface area contributed by atoms with E-state index in [1.807, 2.05) is 35.0 Å². The predicted molar refractivity (Wildman–Crippen MR) is 93.2 cm³/mol. The fourth-order valence-corrected chi connectivity index (χ4v) is 3.66. The molecule has 1 aliphatic carbocycles. The van der Waals surface area contributed by atoms with E-state index in [1.54, 1.807) is 6.07 Å².